The molecule has 5 N–H and O–H groups in total. The highest BCUT2D eigenvalue weighted by Crippen LogP contribution is 2.40. The minimum absolute atomic E-state index is 0.0622. The van der Waals surface area contributed by atoms with Gasteiger partial charge in [-0.05, 0) is 84.6 Å². The lowest BCUT2D eigenvalue weighted by Gasteiger charge is -2.30. The number of aliphatic hydroxyl groups excluding tert-OH is 1. The number of sulfonamides is 1. The van der Waals surface area contributed by atoms with Gasteiger partial charge in [0.05, 0.1) is 33.1 Å². The van der Waals surface area contributed by atoms with E-state index in [0.717, 1.165) is 35.6 Å². The highest BCUT2D eigenvalue weighted by atomic mass is 32.2. The molecule has 43 heavy (non-hydrogen) atoms. The van der Waals surface area contributed by atoms with E-state index in [9.17, 15) is 18.3 Å². The molecule has 1 saturated carbocycles. The first kappa shape index (κ1) is 33.0. The van der Waals surface area contributed by atoms with E-state index in [1.807, 2.05) is 19.9 Å². The van der Waals surface area contributed by atoms with Crippen molar-refractivity contribution < 1.29 is 23.1 Å². The van der Waals surface area contributed by atoms with Gasteiger partial charge in [0.2, 0.25) is 16.4 Å². The second-order valence-electron chi connectivity index (χ2n) is 12.0. The normalized spacial score (nSPS) is 18.4. The van der Waals surface area contributed by atoms with Gasteiger partial charge in [-0.15, -0.1) is 11.3 Å². The van der Waals surface area contributed by atoms with Crippen molar-refractivity contribution in [2.75, 3.05) is 5.32 Å². The molecule has 1 aliphatic rings. The van der Waals surface area contributed by atoms with Gasteiger partial charge in [-0.1, -0.05) is 12.1 Å². The van der Waals surface area contributed by atoms with E-state index in [4.69, 9.17) is 4.74 Å². The van der Waals surface area contributed by atoms with Gasteiger partial charge in [0, 0.05) is 41.1 Å². The van der Waals surface area contributed by atoms with Gasteiger partial charge in [-0.25, -0.2) is 22.9 Å². The summed E-state index contributed by atoms with van der Waals surface area (Å²) in [5.74, 6) is 0.247. The maximum atomic E-state index is 13.6. The van der Waals surface area contributed by atoms with Crippen molar-refractivity contribution in [2.24, 2.45) is 0 Å². The van der Waals surface area contributed by atoms with Gasteiger partial charge >= 0.3 is 6.03 Å². The summed E-state index contributed by atoms with van der Waals surface area (Å²) in [7, 11) is -3.95. The SMILES string of the molecule is CC(C)OC(O)NC1CCC(c2ncc(-c3ccc(NC(=O)NCc4ccccn4)cc3S(=O)(=O)NC(C)(C)C)s2)CC1. The Kier molecular flexibility index (Phi) is 10.9. The fraction of sp³-hybridized carbons (Fsp3) is 0.500. The number of anilines is 1. The summed E-state index contributed by atoms with van der Waals surface area (Å²) in [6.45, 7) is 9.33. The average molecular weight is 631 g/mol. The molecule has 234 valence electrons. The minimum atomic E-state index is -3.95. The number of nitrogens with zero attached hydrogens (tertiary/aromatic N) is 2. The van der Waals surface area contributed by atoms with Crippen LogP contribution in [0.2, 0.25) is 0 Å². The maximum Gasteiger partial charge on any atom is 0.319 e. The van der Waals surface area contributed by atoms with E-state index in [-0.39, 0.29) is 29.5 Å². The lowest BCUT2D eigenvalue weighted by atomic mass is 9.86. The van der Waals surface area contributed by atoms with Gasteiger partial charge in [0.1, 0.15) is 0 Å². The first-order valence-electron chi connectivity index (χ1n) is 14.5. The number of carbonyl (C=O) groups is 1. The van der Waals surface area contributed by atoms with Crippen molar-refractivity contribution in [3.05, 3.63) is 59.5 Å². The van der Waals surface area contributed by atoms with E-state index in [2.05, 4.69) is 30.6 Å². The van der Waals surface area contributed by atoms with Gasteiger partial charge in [-0.2, -0.15) is 0 Å². The predicted octanol–water partition coefficient (Wildman–Crippen LogP) is 4.92. The Balaban J connectivity index is 1.50. The standard InChI is InChI=1S/C30H42N6O5S2/c1-19(2)41-29(38)35-21-11-9-20(10-12-21)27-32-18-25(42-27)24-14-13-22(16-26(24)43(39,40)36-30(3,4)5)34-28(37)33-17-23-8-6-7-15-31-23/h6-8,13-16,18-21,29,35-36,38H,9-12,17H2,1-5H3,(H2,33,34,37). The molecule has 0 bridgehead atoms. The Bertz CT molecular complexity index is 1470. The van der Waals surface area contributed by atoms with Crippen LogP contribution in [0.5, 0.6) is 0 Å². The molecule has 13 heteroatoms. The van der Waals surface area contributed by atoms with Crippen LogP contribution in [0.15, 0.2) is 53.7 Å². The number of hydrogen-bond donors (Lipinski definition) is 5. The second kappa shape index (κ2) is 14.2. The average Bonchev–Trinajstić information content (AvgIpc) is 3.41. The Hall–Kier alpha value is -2.94. The molecular weight excluding hydrogens is 589 g/mol. The van der Waals surface area contributed by atoms with Crippen LogP contribution in [0, 0.1) is 0 Å². The van der Waals surface area contributed by atoms with Crippen LogP contribution in [0.4, 0.5) is 10.5 Å². The van der Waals surface area contributed by atoms with Crippen LogP contribution in [-0.2, 0) is 21.3 Å². The molecule has 2 heterocycles. The molecule has 1 unspecified atom stereocenters. The van der Waals surface area contributed by atoms with Crippen molar-refractivity contribution in [1.82, 2.24) is 25.3 Å². The third-order valence-electron chi connectivity index (χ3n) is 6.77. The van der Waals surface area contributed by atoms with Gasteiger partial charge in [-0.3, -0.25) is 10.3 Å². The fourth-order valence-corrected chi connectivity index (χ4v) is 7.80. The highest BCUT2D eigenvalue weighted by Gasteiger charge is 2.29. The number of carbonyl (C=O) groups excluding carboxylic acids is 1. The summed E-state index contributed by atoms with van der Waals surface area (Å²) in [4.78, 5) is 22.3. The first-order valence-corrected chi connectivity index (χ1v) is 16.8. The molecule has 11 nitrogen and oxygen atoms in total. The number of urea groups is 1. The number of amides is 2. The number of benzene rings is 1. The lowest BCUT2D eigenvalue weighted by Crippen LogP contribution is -2.42. The summed E-state index contributed by atoms with van der Waals surface area (Å²) in [5, 5.41) is 19.6. The van der Waals surface area contributed by atoms with Crippen LogP contribution in [0.25, 0.3) is 10.4 Å². The van der Waals surface area contributed by atoms with Crippen molar-refractivity contribution in [2.45, 2.75) is 102 Å². The van der Waals surface area contributed by atoms with E-state index >= 15 is 0 Å². The first-order chi connectivity index (χ1) is 20.3. The number of pyridine rings is 1. The summed E-state index contributed by atoms with van der Waals surface area (Å²) in [6, 6.07) is 9.99. The fourth-order valence-electron chi connectivity index (χ4n) is 4.94. The molecule has 2 aromatic heterocycles. The Morgan fingerprint density at radius 3 is 2.51 bits per heavy atom. The summed E-state index contributed by atoms with van der Waals surface area (Å²) >= 11 is 1.49. The summed E-state index contributed by atoms with van der Waals surface area (Å²) in [5.41, 5.74) is 0.855. The van der Waals surface area contributed by atoms with E-state index in [1.165, 1.54) is 17.4 Å². The van der Waals surface area contributed by atoms with Crippen LogP contribution in [0.3, 0.4) is 0 Å². The molecule has 0 aliphatic heterocycles. The van der Waals surface area contributed by atoms with E-state index < -0.39 is 28.0 Å². The molecule has 1 aliphatic carbocycles. The quantitative estimate of drug-likeness (QED) is 0.187. The van der Waals surface area contributed by atoms with Crippen molar-refractivity contribution in [1.29, 1.82) is 0 Å². The van der Waals surface area contributed by atoms with Crippen molar-refractivity contribution in [3.63, 3.8) is 0 Å². The van der Waals surface area contributed by atoms with Crippen LogP contribution in [-0.4, -0.2) is 53.6 Å². The van der Waals surface area contributed by atoms with Gasteiger partial charge in [0.15, 0.2) is 0 Å². The molecule has 0 radical (unpaired) electrons. The second-order valence-corrected chi connectivity index (χ2v) is 14.7. The minimum Gasteiger partial charge on any atom is -0.356 e. The molecule has 0 saturated heterocycles. The molecule has 1 fully saturated rings. The molecule has 2 amide bonds. The predicted molar refractivity (Wildman–Crippen MR) is 168 cm³/mol. The van der Waals surface area contributed by atoms with Gasteiger partial charge < -0.3 is 20.5 Å². The van der Waals surface area contributed by atoms with Crippen LogP contribution in [0.1, 0.15) is 76.9 Å². The molecular formula is C30H42N6O5S2. The van der Waals surface area contributed by atoms with Crippen molar-refractivity contribution in [3.8, 4) is 10.4 Å². The number of nitrogens with one attached hydrogen (secondary N) is 4. The summed E-state index contributed by atoms with van der Waals surface area (Å²) in [6.07, 6.45) is 5.85. The molecule has 1 atom stereocenters. The molecule has 0 spiro atoms. The Morgan fingerprint density at radius 1 is 1.12 bits per heavy atom. The number of aliphatic hydroxyl groups is 1. The zero-order valence-corrected chi connectivity index (χ0v) is 26.9. The van der Waals surface area contributed by atoms with Gasteiger partial charge in [0.25, 0.3) is 0 Å². The largest absolute Gasteiger partial charge is 0.356 e. The van der Waals surface area contributed by atoms with Crippen LogP contribution < -0.4 is 20.7 Å². The molecule has 4 rings (SSSR count). The zero-order valence-electron chi connectivity index (χ0n) is 25.3. The third kappa shape index (κ3) is 9.78. The number of thiazole rings is 1. The summed E-state index contributed by atoms with van der Waals surface area (Å²) < 4.78 is 35.3. The maximum absolute atomic E-state index is 13.6. The number of ether oxygens (including phenoxy) is 1. The molecule has 1 aromatic carbocycles. The third-order valence-corrected chi connectivity index (χ3v) is 9.76. The topological polar surface area (TPSA) is 155 Å². The van der Waals surface area contributed by atoms with E-state index in [1.54, 1.807) is 57.4 Å². The smallest absolute Gasteiger partial charge is 0.319 e. The highest BCUT2D eigenvalue weighted by molar-refractivity contribution is 7.89. The number of rotatable bonds is 11. The monoisotopic (exact) mass is 630 g/mol. The lowest BCUT2D eigenvalue weighted by molar-refractivity contribution is -0.150. The Labute approximate surface area is 257 Å². The molecule has 3 aromatic rings. The van der Waals surface area contributed by atoms with Crippen LogP contribution >= 0.6 is 11.3 Å². The van der Waals surface area contributed by atoms with Crippen molar-refractivity contribution >= 4 is 33.1 Å². The Morgan fingerprint density at radius 2 is 1.86 bits per heavy atom. The number of hydrogen-bond acceptors (Lipinski definition) is 9. The number of aromatic nitrogens is 2. The van der Waals surface area contributed by atoms with E-state index in [0.29, 0.717) is 16.9 Å². The zero-order chi connectivity index (χ0) is 31.2.